The second-order valence-electron chi connectivity index (χ2n) is 6.86. The molecular weight excluding hydrogens is 350 g/mol. The predicted octanol–water partition coefficient (Wildman–Crippen LogP) is 4.86. The van der Waals surface area contributed by atoms with Crippen molar-refractivity contribution >= 4 is 16.7 Å². The monoisotopic (exact) mass is 371 g/mol. The Kier molecular flexibility index (Phi) is 4.57. The fraction of sp³-hybridized carbons (Fsp3) is 0.130. The van der Waals surface area contributed by atoms with Crippen LogP contribution in [0, 0.1) is 13.8 Å². The average molecular weight is 371 g/mol. The Bertz CT molecular complexity index is 1160. The van der Waals surface area contributed by atoms with Crippen LogP contribution in [0.5, 0.6) is 11.5 Å². The lowest BCUT2D eigenvalue weighted by atomic mass is 9.96. The van der Waals surface area contributed by atoms with Crippen molar-refractivity contribution in [2.75, 3.05) is 5.32 Å². The predicted molar refractivity (Wildman–Crippen MR) is 111 cm³/mol. The molecule has 0 saturated heterocycles. The molecule has 0 aliphatic rings. The van der Waals surface area contributed by atoms with Crippen molar-refractivity contribution in [1.29, 1.82) is 0 Å². The summed E-state index contributed by atoms with van der Waals surface area (Å²) in [5, 5.41) is 25.3. The molecule has 28 heavy (non-hydrogen) atoms. The van der Waals surface area contributed by atoms with E-state index in [0.29, 0.717) is 16.9 Å². The van der Waals surface area contributed by atoms with Gasteiger partial charge in [-0.3, -0.25) is 0 Å². The van der Waals surface area contributed by atoms with E-state index in [1.165, 1.54) is 0 Å². The summed E-state index contributed by atoms with van der Waals surface area (Å²) >= 11 is 0. The molecule has 1 atom stereocenters. The molecule has 0 radical (unpaired) electrons. The van der Waals surface area contributed by atoms with Gasteiger partial charge in [0.1, 0.15) is 22.8 Å². The first-order valence-electron chi connectivity index (χ1n) is 9.09. The van der Waals surface area contributed by atoms with Gasteiger partial charge in [0.05, 0.1) is 6.04 Å². The molecule has 0 unspecified atom stereocenters. The zero-order valence-electron chi connectivity index (χ0n) is 15.7. The molecule has 2 aromatic heterocycles. The molecule has 5 heteroatoms. The van der Waals surface area contributed by atoms with Crippen molar-refractivity contribution in [2.24, 2.45) is 0 Å². The highest BCUT2D eigenvalue weighted by molar-refractivity contribution is 5.86. The molecule has 0 bridgehead atoms. The molecule has 4 rings (SSSR count). The molecule has 0 amide bonds. The van der Waals surface area contributed by atoms with Crippen LogP contribution in [0.1, 0.15) is 28.6 Å². The van der Waals surface area contributed by atoms with E-state index in [1.54, 1.807) is 18.2 Å². The fourth-order valence-electron chi connectivity index (χ4n) is 3.34. The van der Waals surface area contributed by atoms with E-state index < -0.39 is 6.04 Å². The number of nitrogens with one attached hydrogen (secondary N) is 1. The van der Waals surface area contributed by atoms with Crippen molar-refractivity contribution in [3.05, 3.63) is 89.2 Å². The number of aryl methyl sites for hydroxylation is 2. The van der Waals surface area contributed by atoms with Crippen LogP contribution >= 0.6 is 0 Å². The van der Waals surface area contributed by atoms with Gasteiger partial charge in [-0.25, -0.2) is 9.97 Å². The Morgan fingerprint density at radius 3 is 2.36 bits per heavy atom. The summed E-state index contributed by atoms with van der Waals surface area (Å²) in [6.07, 6.45) is 0. The zero-order valence-corrected chi connectivity index (χ0v) is 15.7. The number of hydrogen-bond donors (Lipinski definition) is 3. The number of pyridine rings is 2. The summed E-state index contributed by atoms with van der Waals surface area (Å²) in [4.78, 5) is 9.03. The van der Waals surface area contributed by atoms with Crippen molar-refractivity contribution in [3.63, 3.8) is 0 Å². The standard InChI is InChI=1S/C23H21N3O2/c1-14-5-3-8-20(24-14)26-21(17-6-4-7-18(27)13-17)19-12-11-16-10-9-15(2)25-22(16)23(19)28/h3-13,21,27-28H,1-2H3,(H,24,26)/t21-/m0/s1. The van der Waals surface area contributed by atoms with Crippen LogP contribution in [-0.2, 0) is 0 Å². The van der Waals surface area contributed by atoms with E-state index in [9.17, 15) is 10.2 Å². The SMILES string of the molecule is Cc1cccc(N[C@@H](c2cccc(O)c2)c2ccc3ccc(C)nc3c2O)n1. The Hall–Kier alpha value is -3.60. The van der Waals surface area contributed by atoms with Crippen LogP contribution < -0.4 is 5.32 Å². The Labute approximate surface area is 163 Å². The van der Waals surface area contributed by atoms with Gasteiger partial charge in [0, 0.05) is 22.3 Å². The number of rotatable bonds is 4. The summed E-state index contributed by atoms with van der Waals surface area (Å²) in [6, 6.07) is 20.0. The largest absolute Gasteiger partial charge is 0.508 e. The topological polar surface area (TPSA) is 78.3 Å². The lowest BCUT2D eigenvalue weighted by Gasteiger charge is -2.22. The highest BCUT2D eigenvalue weighted by Crippen LogP contribution is 2.37. The summed E-state index contributed by atoms with van der Waals surface area (Å²) in [7, 11) is 0. The molecule has 0 saturated carbocycles. The lowest BCUT2D eigenvalue weighted by Crippen LogP contribution is -2.14. The van der Waals surface area contributed by atoms with Gasteiger partial charge in [-0.2, -0.15) is 0 Å². The number of phenols is 2. The molecule has 0 aliphatic carbocycles. The summed E-state index contributed by atoms with van der Waals surface area (Å²) in [5.41, 5.74) is 3.76. The molecule has 140 valence electrons. The molecule has 4 aromatic rings. The summed E-state index contributed by atoms with van der Waals surface area (Å²) in [6.45, 7) is 3.82. The third-order valence-corrected chi connectivity index (χ3v) is 4.70. The maximum atomic E-state index is 11.0. The maximum absolute atomic E-state index is 11.0. The highest BCUT2D eigenvalue weighted by atomic mass is 16.3. The lowest BCUT2D eigenvalue weighted by molar-refractivity contribution is 0.469. The first-order valence-corrected chi connectivity index (χ1v) is 9.09. The van der Waals surface area contributed by atoms with Gasteiger partial charge in [-0.05, 0) is 49.7 Å². The molecule has 0 fully saturated rings. The number of aromatic nitrogens is 2. The van der Waals surface area contributed by atoms with Gasteiger partial charge in [0.25, 0.3) is 0 Å². The van der Waals surface area contributed by atoms with Crippen LogP contribution in [0.3, 0.4) is 0 Å². The number of fused-ring (bicyclic) bond motifs is 1. The van der Waals surface area contributed by atoms with Crippen LogP contribution in [0.4, 0.5) is 5.82 Å². The number of phenolic OH excluding ortho intramolecular Hbond substituents is 2. The van der Waals surface area contributed by atoms with Gasteiger partial charge in [0.15, 0.2) is 0 Å². The van der Waals surface area contributed by atoms with Crippen LogP contribution in [0.15, 0.2) is 66.7 Å². The first kappa shape index (κ1) is 17.8. The van der Waals surface area contributed by atoms with Crippen molar-refractivity contribution in [1.82, 2.24) is 9.97 Å². The molecular formula is C23H21N3O2. The number of hydrogen-bond acceptors (Lipinski definition) is 5. The molecule has 0 aliphatic heterocycles. The Morgan fingerprint density at radius 2 is 1.57 bits per heavy atom. The zero-order chi connectivity index (χ0) is 19.7. The third kappa shape index (κ3) is 3.47. The van der Waals surface area contributed by atoms with E-state index in [2.05, 4.69) is 15.3 Å². The molecule has 2 heterocycles. The fourth-order valence-corrected chi connectivity index (χ4v) is 3.34. The smallest absolute Gasteiger partial charge is 0.147 e. The van der Waals surface area contributed by atoms with Gasteiger partial charge in [-0.15, -0.1) is 0 Å². The van der Waals surface area contributed by atoms with E-state index >= 15 is 0 Å². The molecule has 2 aromatic carbocycles. The van der Waals surface area contributed by atoms with Gasteiger partial charge in [-0.1, -0.05) is 36.4 Å². The quantitative estimate of drug-likeness (QED) is 0.477. The third-order valence-electron chi connectivity index (χ3n) is 4.70. The minimum Gasteiger partial charge on any atom is -0.508 e. The molecule has 5 nitrogen and oxygen atoms in total. The van der Waals surface area contributed by atoms with E-state index in [4.69, 9.17) is 0 Å². The highest BCUT2D eigenvalue weighted by Gasteiger charge is 2.21. The van der Waals surface area contributed by atoms with Crippen molar-refractivity contribution in [3.8, 4) is 11.5 Å². The van der Waals surface area contributed by atoms with Crippen LogP contribution in [0.25, 0.3) is 10.9 Å². The van der Waals surface area contributed by atoms with E-state index in [1.807, 2.05) is 62.4 Å². The van der Waals surface area contributed by atoms with E-state index in [0.717, 1.165) is 22.3 Å². The summed E-state index contributed by atoms with van der Waals surface area (Å²) < 4.78 is 0. The molecule has 3 N–H and O–H groups in total. The maximum Gasteiger partial charge on any atom is 0.147 e. The normalized spacial score (nSPS) is 12.1. The van der Waals surface area contributed by atoms with Gasteiger partial charge in [0.2, 0.25) is 0 Å². The second kappa shape index (κ2) is 7.19. The number of benzene rings is 2. The number of nitrogens with zero attached hydrogens (tertiary/aromatic N) is 2. The minimum absolute atomic E-state index is 0.120. The second-order valence-corrected chi connectivity index (χ2v) is 6.86. The number of anilines is 1. The minimum atomic E-state index is -0.409. The molecule has 0 spiro atoms. The van der Waals surface area contributed by atoms with Crippen LogP contribution in [-0.4, -0.2) is 20.2 Å². The van der Waals surface area contributed by atoms with Crippen LogP contribution in [0.2, 0.25) is 0 Å². The van der Waals surface area contributed by atoms with Crippen molar-refractivity contribution in [2.45, 2.75) is 19.9 Å². The van der Waals surface area contributed by atoms with E-state index in [-0.39, 0.29) is 11.5 Å². The number of aromatic hydroxyl groups is 2. The Morgan fingerprint density at radius 1 is 0.821 bits per heavy atom. The van der Waals surface area contributed by atoms with Gasteiger partial charge < -0.3 is 15.5 Å². The van der Waals surface area contributed by atoms with Crippen molar-refractivity contribution < 1.29 is 10.2 Å². The summed E-state index contributed by atoms with van der Waals surface area (Å²) in [5.74, 6) is 0.968. The Balaban J connectivity index is 1.87. The average Bonchev–Trinajstić information content (AvgIpc) is 2.67. The van der Waals surface area contributed by atoms with Gasteiger partial charge >= 0.3 is 0 Å². The first-order chi connectivity index (χ1) is 13.5.